The second kappa shape index (κ2) is 11.4. The first-order valence-corrected chi connectivity index (χ1v) is 8.25. The molecule has 0 aromatic carbocycles. The number of rotatable bonds is 6. The fraction of sp³-hybridized carbons (Fsp3) is 0.933. The SMILES string of the molecule is Cl.Cl.O=C(CCC1CCNCC1)N1CCN(CC(F)(F)C(F)F)CC1. The molecule has 0 atom stereocenters. The van der Waals surface area contributed by atoms with Crippen molar-refractivity contribution >= 4 is 30.7 Å². The molecule has 2 saturated heterocycles. The summed E-state index contributed by atoms with van der Waals surface area (Å²) in [6.07, 6.45) is -0.123. The molecule has 1 amide bonds. The quantitative estimate of drug-likeness (QED) is 0.682. The van der Waals surface area contributed by atoms with Gasteiger partial charge in [-0.05, 0) is 38.3 Å². The highest BCUT2D eigenvalue weighted by Gasteiger charge is 2.42. The van der Waals surface area contributed by atoms with Gasteiger partial charge in [-0.2, -0.15) is 8.78 Å². The molecule has 2 heterocycles. The van der Waals surface area contributed by atoms with E-state index < -0.39 is 18.9 Å². The van der Waals surface area contributed by atoms with Crippen molar-refractivity contribution < 1.29 is 22.4 Å². The zero-order valence-corrected chi connectivity index (χ0v) is 15.7. The molecule has 0 aromatic rings. The molecule has 150 valence electrons. The van der Waals surface area contributed by atoms with E-state index in [2.05, 4.69) is 5.32 Å². The van der Waals surface area contributed by atoms with E-state index >= 15 is 0 Å². The molecule has 2 fully saturated rings. The van der Waals surface area contributed by atoms with Gasteiger partial charge in [0, 0.05) is 32.6 Å². The molecule has 0 aromatic heterocycles. The van der Waals surface area contributed by atoms with Crippen molar-refractivity contribution in [2.75, 3.05) is 45.8 Å². The summed E-state index contributed by atoms with van der Waals surface area (Å²) in [6, 6.07) is 0. The Kier molecular flexibility index (Phi) is 11.3. The zero-order valence-electron chi connectivity index (χ0n) is 14.1. The van der Waals surface area contributed by atoms with Crippen LogP contribution >= 0.6 is 24.8 Å². The Morgan fingerprint density at radius 3 is 2.16 bits per heavy atom. The first-order chi connectivity index (χ1) is 10.9. The number of nitrogens with zero attached hydrogens (tertiary/aromatic N) is 2. The lowest BCUT2D eigenvalue weighted by molar-refractivity contribution is -0.148. The van der Waals surface area contributed by atoms with Gasteiger partial charge < -0.3 is 10.2 Å². The average molecular weight is 412 g/mol. The Morgan fingerprint density at radius 1 is 1.08 bits per heavy atom. The predicted octanol–water partition coefficient (Wildman–Crippen LogP) is 2.65. The highest BCUT2D eigenvalue weighted by Crippen LogP contribution is 2.24. The molecule has 2 aliphatic heterocycles. The molecule has 1 N–H and O–H groups in total. The minimum Gasteiger partial charge on any atom is -0.340 e. The highest BCUT2D eigenvalue weighted by atomic mass is 35.5. The second-order valence-electron chi connectivity index (χ2n) is 6.45. The van der Waals surface area contributed by atoms with Crippen LogP contribution in [0.25, 0.3) is 0 Å². The van der Waals surface area contributed by atoms with Crippen LogP contribution in [0.4, 0.5) is 17.6 Å². The fourth-order valence-corrected chi connectivity index (χ4v) is 3.18. The molecule has 0 spiro atoms. The van der Waals surface area contributed by atoms with Gasteiger partial charge in [0.1, 0.15) is 0 Å². The Hall–Kier alpha value is -0.310. The molecular formula is C15H27Cl2F4N3O. The lowest BCUT2D eigenvalue weighted by Gasteiger charge is -2.36. The monoisotopic (exact) mass is 411 g/mol. The topological polar surface area (TPSA) is 35.6 Å². The van der Waals surface area contributed by atoms with Gasteiger partial charge in [-0.15, -0.1) is 24.8 Å². The standard InChI is InChI=1S/C15H25F4N3O.2ClH/c16-14(17)15(18,19)11-21-7-9-22(10-8-21)13(23)2-1-12-3-5-20-6-4-12;;/h12,14,20H,1-11H2;2*1H. The van der Waals surface area contributed by atoms with Crippen molar-refractivity contribution in [1.29, 1.82) is 0 Å². The maximum atomic E-state index is 13.0. The van der Waals surface area contributed by atoms with E-state index in [4.69, 9.17) is 0 Å². The highest BCUT2D eigenvalue weighted by molar-refractivity contribution is 5.85. The Bertz CT molecular complexity index is 391. The number of hydrogen-bond donors (Lipinski definition) is 1. The molecule has 4 nitrogen and oxygen atoms in total. The molecule has 0 unspecified atom stereocenters. The summed E-state index contributed by atoms with van der Waals surface area (Å²) >= 11 is 0. The summed E-state index contributed by atoms with van der Waals surface area (Å²) in [6.45, 7) is 2.17. The van der Waals surface area contributed by atoms with Crippen LogP contribution in [0.1, 0.15) is 25.7 Å². The van der Waals surface area contributed by atoms with Crippen LogP contribution in [-0.4, -0.2) is 73.9 Å². The molecule has 0 bridgehead atoms. The number of carbonyl (C=O) groups excluding carboxylic acids is 1. The number of nitrogens with one attached hydrogen (secondary N) is 1. The van der Waals surface area contributed by atoms with Crippen LogP contribution in [0, 0.1) is 5.92 Å². The van der Waals surface area contributed by atoms with E-state index in [-0.39, 0.29) is 43.8 Å². The van der Waals surface area contributed by atoms with Crippen LogP contribution in [0.15, 0.2) is 0 Å². The lowest BCUT2D eigenvalue weighted by atomic mass is 9.93. The maximum absolute atomic E-state index is 13.0. The van der Waals surface area contributed by atoms with E-state index in [0.717, 1.165) is 32.4 Å². The predicted molar refractivity (Wildman–Crippen MR) is 93.3 cm³/mol. The summed E-state index contributed by atoms with van der Waals surface area (Å²) in [7, 11) is 0. The summed E-state index contributed by atoms with van der Waals surface area (Å²) in [5.74, 6) is -3.36. The van der Waals surface area contributed by atoms with Gasteiger partial charge in [0.25, 0.3) is 0 Å². The van der Waals surface area contributed by atoms with Gasteiger partial charge >= 0.3 is 12.3 Å². The molecule has 2 aliphatic rings. The van der Waals surface area contributed by atoms with Gasteiger partial charge in [-0.25, -0.2) is 8.78 Å². The van der Waals surface area contributed by atoms with E-state index in [1.807, 2.05) is 0 Å². The molecule has 0 radical (unpaired) electrons. The minimum atomic E-state index is -3.98. The van der Waals surface area contributed by atoms with Gasteiger partial charge in [-0.1, -0.05) is 0 Å². The van der Waals surface area contributed by atoms with Gasteiger partial charge in [0.15, 0.2) is 0 Å². The van der Waals surface area contributed by atoms with Crippen LogP contribution in [-0.2, 0) is 4.79 Å². The summed E-state index contributed by atoms with van der Waals surface area (Å²) < 4.78 is 50.5. The molecule has 2 rings (SSSR count). The van der Waals surface area contributed by atoms with Crippen molar-refractivity contribution in [3.05, 3.63) is 0 Å². The number of alkyl halides is 4. The third kappa shape index (κ3) is 7.85. The third-order valence-corrected chi connectivity index (χ3v) is 4.70. The largest absolute Gasteiger partial charge is 0.340 e. The zero-order chi connectivity index (χ0) is 16.9. The molecule has 10 heteroatoms. The van der Waals surface area contributed by atoms with Gasteiger partial charge in [0.05, 0.1) is 6.54 Å². The van der Waals surface area contributed by atoms with Crippen LogP contribution < -0.4 is 5.32 Å². The Morgan fingerprint density at radius 2 is 1.64 bits per heavy atom. The average Bonchev–Trinajstić information content (AvgIpc) is 2.54. The van der Waals surface area contributed by atoms with E-state index in [9.17, 15) is 22.4 Å². The number of halogens is 6. The van der Waals surface area contributed by atoms with E-state index in [0.29, 0.717) is 25.4 Å². The van der Waals surface area contributed by atoms with Gasteiger partial charge in [0.2, 0.25) is 5.91 Å². The van der Waals surface area contributed by atoms with Crippen molar-refractivity contribution in [2.45, 2.75) is 38.0 Å². The first kappa shape index (κ1) is 24.7. The first-order valence-electron chi connectivity index (χ1n) is 8.25. The van der Waals surface area contributed by atoms with Crippen molar-refractivity contribution in [3.8, 4) is 0 Å². The number of piperazine rings is 1. The lowest BCUT2D eigenvalue weighted by Crippen LogP contribution is -2.52. The summed E-state index contributed by atoms with van der Waals surface area (Å²) in [5.41, 5.74) is 0. The Labute approximate surface area is 158 Å². The second-order valence-corrected chi connectivity index (χ2v) is 6.45. The number of carbonyl (C=O) groups is 1. The summed E-state index contributed by atoms with van der Waals surface area (Å²) in [4.78, 5) is 15.1. The van der Waals surface area contributed by atoms with Crippen LogP contribution in [0.2, 0.25) is 0 Å². The third-order valence-electron chi connectivity index (χ3n) is 4.70. The number of piperidine rings is 1. The van der Waals surface area contributed by atoms with Crippen LogP contribution in [0.5, 0.6) is 0 Å². The molecular weight excluding hydrogens is 385 g/mol. The minimum absolute atomic E-state index is 0. The van der Waals surface area contributed by atoms with E-state index in [1.54, 1.807) is 4.90 Å². The molecule has 0 saturated carbocycles. The molecule has 25 heavy (non-hydrogen) atoms. The smallest absolute Gasteiger partial charge is 0.319 e. The van der Waals surface area contributed by atoms with Gasteiger partial charge in [-0.3, -0.25) is 9.69 Å². The van der Waals surface area contributed by atoms with E-state index in [1.165, 1.54) is 4.90 Å². The normalized spacial score (nSPS) is 20.1. The Balaban J connectivity index is 0.00000288. The number of hydrogen-bond acceptors (Lipinski definition) is 3. The van der Waals surface area contributed by atoms with Crippen molar-refractivity contribution in [2.24, 2.45) is 5.92 Å². The molecule has 0 aliphatic carbocycles. The fourth-order valence-electron chi connectivity index (χ4n) is 3.18. The summed E-state index contributed by atoms with van der Waals surface area (Å²) in [5, 5.41) is 3.28. The number of amides is 1. The van der Waals surface area contributed by atoms with Crippen molar-refractivity contribution in [1.82, 2.24) is 15.1 Å². The van der Waals surface area contributed by atoms with Crippen LogP contribution in [0.3, 0.4) is 0 Å². The maximum Gasteiger partial charge on any atom is 0.319 e. The van der Waals surface area contributed by atoms with Crippen molar-refractivity contribution in [3.63, 3.8) is 0 Å².